The summed E-state index contributed by atoms with van der Waals surface area (Å²) in [6, 6.07) is -0.281. The number of urea groups is 1. The number of nitrogens with zero attached hydrogens (tertiary/aromatic N) is 1. The molecule has 5 nitrogen and oxygen atoms in total. The SMILES string of the molecule is CC1CCN(C(=O)NC(C)(C)C(=O)O)CC1C. The number of carboxylic acids is 1. The van der Waals surface area contributed by atoms with E-state index in [0.29, 0.717) is 24.9 Å². The van der Waals surface area contributed by atoms with Crippen LogP contribution in [0.5, 0.6) is 0 Å². The number of likely N-dealkylation sites (tertiary alicyclic amines) is 1. The molecular formula is C12H22N2O3. The van der Waals surface area contributed by atoms with Gasteiger partial charge in [0, 0.05) is 13.1 Å². The highest BCUT2D eigenvalue weighted by Gasteiger charge is 2.33. The van der Waals surface area contributed by atoms with Crippen molar-refractivity contribution in [2.45, 2.75) is 39.7 Å². The number of carbonyl (C=O) groups is 2. The number of carbonyl (C=O) groups excluding carboxylic acids is 1. The van der Waals surface area contributed by atoms with Gasteiger partial charge in [0.05, 0.1) is 0 Å². The van der Waals surface area contributed by atoms with Gasteiger partial charge in [0.1, 0.15) is 5.54 Å². The fraction of sp³-hybridized carbons (Fsp3) is 0.833. The second kappa shape index (κ2) is 4.94. The Hall–Kier alpha value is -1.26. The lowest BCUT2D eigenvalue weighted by Crippen LogP contribution is -2.56. The van der Waals surface area contributed by atoms with Crippen LogP contribution in [-0.4, -0.2) is 40.6 Å². The molecular weight excluding hydrogens is 220 g/mol. The summed E-state index contributed by atoms with van der Waals surface area (Å²) in [5, 5.41) is 11.5. The first-order chi connectivity index (χ1) is 7.74. The molecule has 0 aromatic heterocycles. The van der Waals surface area contributed by atoms with Crippen LogP contribution in [0.15, 0.2) is 0 Å². The minimum Gasteiger partial charge on any atom is -0.480 e. The van der Waals surface area contributed by atoms with Crippen molar-refractivity contribution in [3.63, 3.8) is 0 Å². The lowest BCUT2D eigenvalue weighted by Gasteiger charge is -2.36. The van der Waals surface area contributed by atoms with Gasteiger partial charge in [-0.25, -0.2) is 9.59 Å². The van der Waals surface area contributed by atoms with E-state index < -0.39 is 11.5 Å². The third kappa shape index (κ3) is 3.35. The molecule has 17 heavy (non-hydrogen) atoms. The number of nitrogens with one attached hydrogen (secondary N) is 1. The molecule has 1 saturated heterocycles. The van der Waals surface area contributed by atoms with Crippen LogP contribution in [0.1, 0.15) is 34.1 Å². The molecule has 0 aromatic rings. The first-order valence-corrected chi connectivity index (χ1v) is 6.04. The van der Waals surface area contributed by atoms with Crippen LogP contribution in [0, 0.1) is 11.8 Å². The van der Waals surface area contributed by atoms with Gasteiger partial charge in [0.15, 0.2) is 0 Å². The number of amides is 2. The highest BCUT2D eigenvalue weighted by atomic mass is 16.4. The van der Waals surface area contributed by atoms with E-state index in [1.807, 2.05) is 0 Å². The van der Waals surface area contributed by atoms with Gasteiger partial charge in [0.2, 0.25) is 0 Å². The summed E-state index contributed by atoms with van der Waals surface area (Å²) in [4.78, 5) is 24.5. The molecule has 2 amide bonds. The topological polar surface area (TPSA) is 69.6 Å². The smallest absolute Gasteiger partial charge is 0.328 e. The first-order valence-electron chi connectivity index (χ1n) is 6.04. The van der Waals surface area contributed by atoms with Gasteiger partial charge in [-0.05, 0) is 32.1 Å². The predicted molar refractivity (Wildman–Crippen MR) is 64.8 cm³/mol. The maximum Gasteiger partial charge on any atom is 0.328 e. The molecule has 98 valence electrons. The second-order valence-electron chi connectivity index (χ2n) is 5.55. The Morgan fingerprint density at radius 3 is 2.35 bits per heavy atom. The Kier molecular flexibility index (Phi) is 4.01. The van der Waals surface area contributed by atoms with Gasteiger partial charge in [-0.2, -0.15) is 0 Å². The monoisotopic (exact) mass is 242 g/mol. The summed E-state index contributed by atoms with van der Waals surface area (Å²) in [5.74, 6) is 0.0539. The van der Waals surface area contributed by atoms with Gasteiger partial charge >= 0.3 is 12.0 Å². The average Bonchev–Trinajstić information content (AvgIpc) is 2.21. The van der Waals surface area contributed by atoms with Crippen LogP contribution in [0.2, 0.25) is 0 Å². The molecule has 1 aliphatic heterocycles. The zero-order valence-electron chi connectivity index (χ0n) is 11.0. The van der Waals surface area contributed by atoms with E-state index in [-0.39, 0.29) is 6.03 Å². The van der Waals surface area contributed by atoms with E-state index in [1.54, 1.807) is 4.90 Å². The third-order valence-electron chi connectivity index (χ3n) is 3.58. The van der Waals surface area contributed by atoms with E-state index in [9.17, 15) is 9.59 Å². The molecule has 0 spiro atoms. The summed E-state index contributed by atoms with van der Waals surface area (Å²) >= 11 is 0. The van der Waals surface area contributed by atoms with Crippen molar-refractivity contribution in [1.29, 1.82) is 0 Å². The molecule has 0 aromatic carbocycles. The van der Waals surface area contributed by atoms with Crippen molar-refractivity contribution in [2.75, 3.05) is 13.1 Å². The van der Waals surface area contributed by atoms with Crippen molar-refractivity contribution in [2.24, 2.45) is 11.8 Å². The van der Waals surface area contributed by atoms with Crippen LogP contribution in [0.25, 0.3) is 0 Å². The summed E-state index contributed by atoms with van der Waals surface area (Å²) in [7, 11) is 0. The number of rotatable bonds is 2. The maximum absolute atomic E-state index is 11.9. The van der Waals surface area contributed by atoms with Crippen molar-refractivity contribution in [3.8, 4) is 0 Å². The number of carboxylic acid groups (broad SMARTS) is 1. The lowest BCUT2D eigenvalue weighted by molar-refractivity contribution is -0.143. The van der Waals surface area contributed by atoms with Gasteiger partial charge in [0.25, 0.3) is 0 Å². The molecule has 5 heteroatoms. The average molecular weight is 242 g/mol. The van der Waals surface area contributed by atoms with E-state index >= 15 is 0 Å². The van der Waals surface area contributed by atoms with Gasteiger partial charge in [-0.1, -0.05) is 13.8 Å². The van der Waals surface area contributed by atoms with Crippen molar-refractivity contribution >= 4 is 12.0 Å². The Morgan fingerprint density at radius 2 is 1.88 bits per heavy atom. The van der Waals surface area contributed by atoms with E-state index in [0.717, 1.165) is 6.42 Å². The first kappa shape index (κ1) is 13.8. The molecule has 2 unspecified atom stereocenters. The van der Waals surface area contributed by atoms with Crippen LogP contribution in [0.4, 0.5) is 4.79 Å². The number of piperidine rings is 1. The van der Waals surface area contributed by atoms with Crippen molar-refractivity contribution in [3.05, 3.63) is 0 Å². The van der Waals surface area contributed by atoms with Crippen molar-refractivity contribution < 1.29 is 14.7 Å². The summed E-state index contributed by atoms with van der Waals surface area (Å²) in [6.07, 6.45) is 0.974. The van der Waals surface area contributed by atoms with E-state index in [2.05, 4.69) is 19.2 Å². The second-order valence-corrected chi connectivity index (χ2v) is 5.55. The Morgan fingerprint density at radius 1 is 1.29 bits per heavy atom. The lowest BCUT2D eigenvalue weighted by atomic mass is 9.89. The largest absolute Gasteiger partial charge is 0.480 e. The number of aliphatic carboxylic acids is 1. The van der Waals surface area contributed by atoms with Crippen molar-refractivity contribution in [1.82, 2.24) is 10.2 Å². The minimum absolute atomic E-state index is 0.281. The predicted octanol–water partition coefficient (Wildman–Crippen LogP) is 1.54. The quantitative estimate of drug-likeness (QED) is 0.771. The third-order valence-corrected chi connectivity index (χ3v) is 3.58. The van der Waals surface area contributed by atoms with Gasteiger partial charge in [-0.3, -0.25) is 0 Å². The van der Waals surface area contributed by atoms with Gasteiger partial charge in [-0.15, -0.1) is 0 Å². The van der Waals surface area contributed by atoms with Crippen LogP contribution in [-0.2, 0) is 4.79 Å². The molecule has 1 fully saturated rings. The fourth-order valence-corrected chi connectivity index (χ4v) is 1.85. The van der Waals surface area contributed by atoms with Crippen LogP contribution < -0.4 is 5.32 Å². The molecule has 1 aliphatic rings. The Bertz CT molecular complexity index is 315. The zero-order valence-corrected chi connectivity index (χ0v) is 11.0. The van der Waals surface area contributed by atoms with E-state index in [4.69, 9.17) is 5.11 Å². The minimum atomic E-state index is -1.22. The molecule has 0 aliphatic carbocycles. The summed E-state index contributed by atoms with van der Waals surface area (Å²) < 4.78 is 0. The molecule has 2 atom stereocenters. The number of hydrogen-bond acceptors (Lipinski definition) is 2. The highest BCUT2D eigenvalue weighted by molar-refractivity contribution is 5.85. The molecule has 2 N–H and O–H groups in total. The molecule has 1 rings (SSSR count). The molecule has 0 bridgehead atoms. The number of hydrogen-bond donors (Lipinski definition) is 2. The Balaban J connectivity index is 2.57. The fourth-order valence-electron chi connectivity index (χ4n) is 1.85. The molecule has 0 radical (unpaired) electrons. The maximum atomic E-state index is 11.9. The molecule has 0 saturated carbocycles. The van der Waals surface area contributed by atoms with Crippen LogP contribution >= 0.6 is 0 Å². The normalized spacial score (nSPS) is 25.5. The highest BCUT2D eigenvalue weighted by Crippen LogP contribution is 2.22. The molecule has 1 heterocycles. The summed E-state index contributed by atoms with van der Waals surface area (Å²) in [6.45, 7) is 8.68. The van der Waals surface area contributed by atoms with E-state index in [1.165, 1.54) is 13.8 Å². The zero-order chi connectivity index (χ0) is 13.2. The standard InChI is InChI=1S/C12H22N2O3/c1-8-5-6-14(7-9(8)2)11(17)13-12(3,4)10(15)16/h8-9H,5-7H2,1-4H3,(H,13,17)(H,15,16). The Labute approximate surface area is 102 Å². The summed E-state index contributed by atoms with van der Waals surface area (Å²) in [5.41, 5.74) is -1.22. The van der Waals surface area contributed by atoms with Crippen LogP contribution in [0.3, 0.4) is 0 Å². The van der Waals surface area contributed by atoms with Gasteiger partial charge < -0.3 is 15.3 Å².